The summed E-state index contributed by atoms with van der Waals surface area (Å²) in [5.74, 6) is 1.55. The Kier molecular flexibility index (Phi) is 7.23. The summed E-state index contributed by atoms with van der Waals surface area (Å²) in [6.45, 7) is 6.49. The Morgan fingerprint density at radius 1 is 0.905 bits per heavy atom. The molecule has 2 saturated heterocycles. The summed E-state index contributed by atoms with van der Waals surface area (Å²) in [4.78, 5) is 9.18. The Bertz CT molecular complexity index is 1570. The van der Waals surface area contributed by atoms with Crippen molar-refractivity contribution in [3.63, 3.8) is 0 Å². The predicted molar refractivity (Wildman–Crippen MR) is 164 cm³/mol. The molecule has 218 valence electrons. The van der Waals surface area contributed by atoms with Gasteiger partial charge in [-0.1, -0.05) is 31.2 Å². The van der Waals surface area contributed by atoms with Gasteiger partial charge in [0.05, 0.1) is 11.4 Å². The van der Waals surface area contributed by atoms with Crippen LogP contribution in [0.2, 0.25) is 0 Å². The fourth-order valence-corrected chi connectivity index (χ4v) is 6.76. The van der Waals surface area contributed by atoms with Crippen molar-refractivity contribution in [2.45, 2.75) is 57.9 Å². The van der Waals surface area contributed by atoms with E-state index in [0.717, 1.165) is 67.9 Å². The lowest BCUT2D eigenvalue weighted by molar-refractivity contribution is 0.120. The summed E-state index contributed by atoms with van der Waals surface area (Å²) in [6, 6.07) is 16.2. The molecule has 2 aliphatic heterocycles. The number of hydrogen-bond acceptors (Lipinski definition) is 8. The highest BCUT2D eigenvalue weighted by molar-refractivity contribution is 5.68. The monoisotopic (exact) mass is 567 g/mol. The number of nitrogens with zero attached hydrogens (tertiary/aromatic N) is 7. The number of halogens is 1. The number of aryl methyl sites for hydroxylation is 2. The summed E-state index contributed by atoms with van der Waals surface area (Å²) in [6.07, 6.45) is 7.67. The maximum Gasteiger partial charge on any atom is 0.248 e. The zero-order valence-electron chi connectivity index (χ0n) is 24.1. The molecule has 3 N–H and O–H groups in total. The van der Waals surface area contributed by atoms with E-state index < -0.39 is 0 Å². The van der Waals surface area contributed by atoms with Crippen LogP contribution < -0.4 is 16.0 Å². The molecule has 0 saturated carbocycles. The van der Waals surface area contributed by atoms with Crippen molar-refractivity contribution in [1.82, 2.24) is 29.9 Å². The van der Waals surface area contributed by atoms with Crippen LogP contribution >= 0.6 is 0 Å². The maximum absolute atomic E-state index is 15.3. The summed E-state index contributed by atoms with van der Waals surface area (Å²) < 4.78 is 16.8. The molecule has 7 rings (SSSR count). The first kappa shape index (κ1) is 26.8. The van der Waals surface area contributed by atoms with Crippen molar-refractivity contribution in [1.29, 1.82) is 0 Å². The van der Waals surface area contributed by atoms with Crippen LogP contribution in [0.3, 0.4) is 0 Å². The van der Waals surface area contributed by atoms with E-state index in [1.54, 1.807) is 0 Å². The molecule has 0 amide bonds. The number of likely N-dealkylation sites (tertiary alicyclic amines) is 1. The van der Waals surface area contributed by atoms with Gasteiger partial charge in [0.25, 0.3) is 0 Å². The van der Waals surface area contributed by atoms with E-state index >= 15 is 4.39 Å². The Labute approximate surface area is 246 Å². The number of nitrogen functional groups attached to an aromatic ring is 1. The van der Waals surface area contributed by atoms with Crippen molar-refractivity contribution in [3.8, 4) is 17.1 Å². The average molecular weight is 568 g/mol. The van der Waals surface area contributed by atoms with E-state index in [1.165, 1.54) is 42.2 Å². The van der Waals surface area contributed by atoms with Gasteiger partial charge in [-0.15, -0.1) is 15.3 Å². The normalized spacial score (nSPS) is 18.4. The molecule has 0 bridgehead atoms. The van der Waals surface area contributed by atoms with Crippen molar-refractivity contribution in [3.05, 3.63) is 65.5 Å². The van der Waals surface area contributed by atoms with Gasteiger partial charge < -0.3 is 20.9 Å². The molecular formula is C32H38FN9. The lowest BCUT2D eigenvalue weighted by Crippen LogP contribution is -2.47. The number of rotatable bonds is 5. The molecule has 0 spiro atoms. The molecule has 2 aromatic carbocycles. The molecule has 0 unspecified atom stereocenters. The standard InChI is InChI=1S/C32H38FN9/c1-21-11-15-40(16-12-21)25-13-17-41(18-14-25)28-10-9-24(20-27(28)33)35-32-36-31(34)42(39-32)29-19-23-7-4-6-22-5-2-3-8-26(22)30(23)38-37-29/h2-3,5,8-10,19-21,25H,4,6-7,11-18H2,1H3,(H3,34,35,36,39). The van der Waals surface area contributed by atoms with Crippen LogP contribution in [0.15, 0.2) is 48.5 Å². The summed E-state index contributed by atoms with van der Waals surface area (Å²) in [5.41, 5.74) is 11.9. The Morgan fingerprint density at radius 3 is 2.50 bits per heavy atom. The van der Waals surface area contributed by atoms with E-state index in [0.29, 0.717) is 23.2 Å². The summed E-state index contributed by atoms with van der Waals surface area (Å²) in [5, 5.41) is 16.6. The molecule has 3 aliphatic rings. The summed E-state index contributed by atoms with van der Waals surface area (Å²) >= 11 is 0. The molecule has 42 heavy (non-hydrogen) atoms. The zero-order chi connectivity index (χ0) is 28.6. The number of aromatic nitrogens is 5. The smallest absolute Gasteiger partial charge is 0.248 e. The van der Waals surface area contributed by atoms with Gasteiger partial charge in [0, 0.05) is 30.4 Å². The maximum atomic E-state index is 15.3. The van der Waals surface area contributed by atoms with Crippen LogP contribution in [0, 0.1) is 11.7 Å². The first-order valence-corrected chi connectivity index (χ1v) is 15.2. The zero-order valence-corrected chi connectivity index (χ0v) is 24.1. The molecule has 10 heteroatoms. The topological polar surface area (TPSA) is 101 Å². The van der Waals surface area contributed by atoms with E-state index in [-0.39, 0.29) is 17.7 Å². The van der Waals surface area contributed by atoms with Crippen LogP contribution in [0.1, 0.15) is 50.2 Å². The third-order valence-corrected chi connectivity index (χ3v) is 9.22. The second-order valence-corrected chi connectivity index (χ2v) is 12.0. The number of benzene rings is 2. The minimum absolute atomic E-state index is 0.184. The Morgan fingerprint density at radius 2 is 1.69 bits per heavy atom. The van der Waals surface area contributed by atoms with Crippen LogP contribution in [-0.4, -0.2) is 62.1 Å². The number of nitrogens with one attached hydrogen (secondary N) is 1. The van der Waals surface area contributed by atoms with E-state index in [1.807, 2.05) is 24.3 Å². The van der Waals surface area contributed by atoms with Crippen LogP contribution in [0.5, 0.6) is 0 Å². The van der Waals surface area contributed by atoms with Gasteiger partial charge in [0.15, 0.2) is 5.82 Å². The fourth-order valence-electron chi connectivity index (χ4n) is 6.76. The van der Waals surface area contributed by atoms with E-state index in [2.05, 4.69) is 60.5 Å². The van der Waals surface area contributed by atoms with Crippen molar-refractivity contribution in [2.24, 2.45) is 5.92 Å². The highest BCUT2D eigenvalue weighted by atomic mass is 19.1. The molecule has 9 nitrogen and oxygen atoms in total. The number of fused-ring (bicyclic) bond motifs is 3. The SMILES string of the molecule is CC1CCN(C2CCN(c3ccc(Nc4nc(N)n(-c5cc6c(nn5)-c5ccccc5CCC6)n4)cc3F)CC2)CC1. The van der Waals surface area contributed by atoms with Gasteiger partial charge in [0.1, 0.15) is 5.82 Å². The van der Waals surface area contributed by atoms with Gasteiger partial charge in [-0.2, -0.15) is 9.67 Å². The van der Waals surface area contributed by atoms with Gasteiger partial charge in [0.2, 0.25) is 11.9 Å². The Balaban J connectivity index is 1.03. The quantitative estimate of drug-likeness (QED) is 0.332. The number of hydrogen-bond donors (Lipinski definition) is 2. The van der Waals surface area contributed by atoms with Gasteiger partial charge in [-0.05, 0) is 99.3 Å². The lowest BCUT2D eigenvalue weighted by atomic mass is 9.95. The minimum atomic E-state index is -0.255. The number of anilines is 4. The Hall–Kier alpha value is -4.05. The van der Waals surface area contributed by atoms with Crippen LogP contribution in [-0.2, 0) is 12.8 Å². The molecule has 4 heterocycles. The van der Waals surface area contributed by atoms with Crippen LogP contribution in [0.4, 0.5) is 27.7 Å². The van der Waals surface area contributed by atoms with E-state index in [9.17, 15) is 0 Å². The van der Waals surface area contributed by atoms with E-state index in [4.69, 9.17) is 5.73 Å². The molecule has 0 atom stereocenters. The van der Waals surface area contributed by atoms with Crippen molar-refractivity contribution < 1.29 is 4.39 Å². The molecule has 0 radical (unpaired) electrons. The lowest BCUT2D eigenvalue weighted by Gasteiger charge is -2.42. The second kappa shape index (κ2) is 11.3. The largest absolute Gasteiger partial charge is 0.369 e. The average Bonchev–Trinajstić information content (AvgIpc) is 3.26. The fraction of sp³-hybridized carbons (Fsp3) is 0.438. The van der Waals surface area contributed by atoms with Gasteiger partial charge in [-0.3, -0.25) is 0 Å². The molecule has 1 aliphatic carbocycles. The predicted octanol–water partition coefficient (Wildman–Crippen LogP) is 5.38. The van der Waals surface area contributed by atoms with Crippen LogP contribution in [0.25, 0.3) is 17.1 Å². The summed E-state index contributed by atoms with van der Waals surface area (Å²) in [7, 11) is 0. The third-order valence-electron chi connectivity index (χ3n) is 9.22. The third kappa shape index (κ3) is 5.31. The van der Waals surface area contributed by atoms with Gasteiger partial charge in [-0.25, -0.2) is 4.39 Å². The molecule has 2 fully saturated rings. The molecule has 2 aromatic heterocycles. The number of piperidine rings is 2. The first-order valence-electron chi connectivity index (χ1n) is 15.2. The first-order chi connectivity index (χ1) is 20.5. The second-order valence-electron chi connectivity index (χ2n) is 12.0. The van der Waals surface area contributed by atoms with Crippen molar-refractivity contribution in [2.75, 3.05) is 42.1 Å². The highest BCUT2D eigenvalue weighted by Gasteiger charge is 2.28. The minimum Gasteiger partial charge on any atom is -0.369 e. The molecular weight excluding hydrogens is 529 g/mol. The molecule has 4 aromatic rings. The van der Waals surface area contributed by atoms with Gasteiger partial charge >= 0.3 is 0 Å². The highest BCUT2D eigenvalue weighted by Crippen LogP contribution is 2.32. The van der Waals surface area contributed by atoms with Crippen molar-refractivity contribution >= 4 is 23.3 Å². The number of nitrogens with two attached hydrogens (primary N) is 1.